The molecule has 256 valence electrons. The van der Waals surface area contributed by atoms with Crippen molar-refractivity contribution < 1.29 is 33.5 Å². The summed E-state index contributed by atoms with van der Waals surface area (Å²) in [6.07, 6.45) is 0.0257. The van der Waals surface area contributed by atoms with Crippen LogP contribution in [-0.4, -0.2) is 60.2 Å². The number of Topliss-reactive ketones (excluding diaryl/α,β-unsaturated/α-hetero) is 1. The van der Waals surface area contributed by atoms with Crippen LogP contribution in [0.15, 0.2) is 72.8 Å². The van der Waals surface area contributed by atoms with Gasteiger partial charge in [-0.15, -0.1) is 0 Å². The summed E-state index contributed by atoms with van der Waals surface area (Å²) in [7, 11) is 0. The summed E-state index contributed by atoms with van der Waals surface area (Å²) in [5.41, 5.74) is 7.09. The highest BCUT2D eigenvalue weighted by Gasteiger charge is 2.34. The van der Waals surface area contributed by atoms with E-state index in [-0.39, 0.29) is 25.4 Å². The summed E-state index contributed by atoms with van der Waals surface area (Å²) >= 11 is 0. The van der Waals surface area contributed by atoms with Gasteiger partial charge in [-0.25, -0.2) is 4.79 Å². The molecule has 0 radical (unpaired) electrons. The number of benzene rings is 3. The molecule has 5 amide bonds. The minimum Gasteiger partial charge on any atom is -0.445 e. The molecular weight excluding hydrogens is 614 g/mol. The molecule has 0 bridgehead atoms. The van der Waals surface area contributed by atoms with Crippen molar-refractivity contribution in [2.45, 2.75) is 71.7 Å². The van der Waals surface area contributed by atoms with Crippen LogP contribution in [0.2, 0.25) is 0 Å². The number of fused-ring (bicyclic) bond motifs is 1. The number of nitrogens with two attached hydrogens (primary N) is 1. The monoisotopic (exact) mass is 659 g/mol. The molecular formula is C36H45N5O7. The van der Waals surface area contributed by atoms with E-state index in [1.165, 1.54) is 0 Å². The van der Waals surface area contributed by atoms with Crippen molar-refractivity contribution in [2.75, 3.05) is 6.54 Å². The lowest BCUT2D eigenvalue weighted by Gasteiger charge is -2.26. The number of primary amides is 1. The fourth-order valence-electron chi connectivity index (χ4n) is 5.02. The lowest BCUT2D eigenvalue weighted by atomic mass is 9.94. The molecule has 0 saturated heterocycles. The Morgan fingerprint density at radius 1 is 0.771 bits per heavy atom. The lowest BCUT2D eigenvalue weighted by Crippen LogP contribution is -2.56. The number of hydrogen-bond donors (Lipinski definition) is 5. The second kappa shape index (κ2) is 18.2. The molecule has 12 heteroatoms. The fraction of sp³-hybridized carbons (Fsp3) is 0.389. The number of rotatable bonds is 17. The second-order valence-corrected chi connectivity index (χ2v) is 12.2. The van der Waals surface area contributed by atoms with Gasteiger partial charge in [0, 0.05) is 6.42 Å². The number of alkyl carbamates (subject to hydrolysis) is 1. The zero-order chi connectivity index (χ0) is 35.2. The Balaban J connectivity index is 1.59. The van der Waals surface area contributed by atoms with E-state index in [0.29, 0.717) is 6.42 Å². The van der Waals surface area contributed by atoms with Gasteiger partial charge in [0.2, 0.25) is 23.5 Å². The zero-order valence-corrected chi connectivity index (χ0v) is 27.8. The first-order valence-electron chi connectivity index (χ1n) is 16.0. The number of amides is 5. The Labute approximate surface area is 280 Å². The molecule has 3 rings (SSSR count). The zero-order valence-electron chi connectivity index (χ0n) is 27.8. The molecule has 0 aliphatic carbocycles. The van der Waals surface area contributed by atoms with Crippen LogP contribution in [0, 0.1) is 11.8 Å². The minimum absolute atomic E-state index is 0.000185. The summed E-state index contributed by atoms with van der Waals surface area (Å²) in [5.74, 6) is -4.62. The smallest absolute Gasteiger partial charge is 0.408 e. The highest BCUT2D eigenvalue weighted by Crippen LogP contribution is 2.17. The third-order valence-electron chi connectivity index (χ3n) is 7.89. The summed E-state index contributed by atoms with van der Waals surface area (Å²) in [4.78, 5) is 76.9. The van der Waals surface area contributed by atoms with E-state index < -0.39 is 66.1 Å². The number of nitrogens with one attached hydrogen (secondary N) is 4. The summed E-state index contributed by atoms with van der Waals surface area (Å²) in [6, 6.07) is 19.1. The maximum atomic E-state index is 13.3. The first-order chi connectivity index (χ1) is 22.9. The van der Waals surface area contributed by atoms with Crippen LogP contribution in [0.4, 0.5) is 4.79 Å². The van der Waals surface area contributed by atoms with Gasteiger partial charge in [-0.05, 0) is 40.2 Å². The molecule has 48 heavy (non-hydrogen) atoms. The molecule has 4 atom stereocenters. The first-order valence-corrected chi connectivity index (χ1v) is 16.0. The van der Waals surface area contributed by atoms with Gasteiger partial charge in [-0.3, -0.25) is 24.0 Å². The van der Waals surface area contributed by atoms with Crippen molar-refractivity contribution in [3.8, 4) is 0 Å². The van der Waals surface area contributed by atoms with Crippen molar-refractivity contribution in [3.63, 3.8) is 0 Å². The third-order valence-corrected chi connectivity index (χ3v) is 7.89. The molecule has 3 aromatic rings. The van der Waals surface area contributed by atoms with Crippen LogP contribution in [0.25, 0.3) is 10.8 Å². The standard InChI is InChI=1S/C36H45N5O7/c1-5-23(4)31(41-34(45)29(17-22(2)3)40-36(47)48-21-24-11-7-6-8-12-24)32(43)35(46)38-20-30(42)39-28(33(37)44)19-25-15-16-26-13-9-10-14-27(26)18-25/h6-16,18,22-23,28-29,31H,5,17,19-21H2,1-4H3,(H2,37,44)(H,38,46)(H,39,42)(H,40,47)(H,41,45)/t23-,28+,29-,31?/m0/s1. The molecule has 0 fully saturated rings. The van der Waals surface area contributed by atoms with Gasteiger partial charge >= 0.3 is 6.09 Å². The van der Waals surface area contributed by atoms with Gasteiger partial charge in [-0.2, -0.15) is 0 Å². The third kappa shape index (κ3) is 11.5. The highest BCUT2D eigenvalue weighted by molar-refractivity contribution is 6.38. The van der Waals surface area contributed by atoms with Gasteiger partial charge in [0.15, 0.2) is 0 Å². The van der Waals surface area contributed by atoms with Crippen molar-refractivity contribution in [3.05, 3.63) is 83.9 Å². The number of hydrogen-bond acceptors (Lipinski definition) is 7. The van der Waals surface area contributed by atoms with Gasteiger partial charge in [0.1, 0.15) is 18.7 Å². The molecule has 0 heterocycles. The summed E-state index contributed by atoms with van der Waals surface area (Å²) < 4.78 is 5.27. The van der Waals surface area contributed by atoms with Gasteiger partial charge in [-0.1, -0.05) is 107 Å². The first kappa shape index (κ1) is 37.2. The van der Waals surface area contributed by atoms with Crippen molar-refractivity contribution in [2.24, 2.45) is 17.6 Å². The lowest BCUT2D eigenvalue weighted by molar-refractivity contribution is -0.141. The molecule has 3 aromatic carbocycles. The Morgan fingerprint density at radius 3 is 2.08 bits per heavy atom. The molecule has 12 nitrogen and oxygen atoms in total. The van der Waals surface area contributed by atoms with Crippen molar-refractivity contribution in [1.29, 1.82) is 0 Å². The number of ketones is 1. The number of carbonyl (C=O) groups excluding carboxylic acids is 6. The second-order valence-electron chi connectivity index (χ2n) is 12.2. The van der Waals surface area contributed by atoms with Gasteiger partial charge in [0.25, 0.3) is 5.91 Å². The van der Waals surface area contributed by atoms with Crippen LogP contribution in [0.5, 0.6) is 0 Å². The summed E-state index contributed by atoms with van der Waals surface area (Å²) in [5, 5.41) is 12.0. The highest BCUT2D eigenvalue weighted by atomic mass is 16.5. The van der Waals surface area contributed by atoms with Crippen LogP contribution < -0.4 is 27.0 Å². The van der Waals surface area contributed by atoms with Crippen LogP contribution in [-0.2, 0) is 41.7 Å². The van der Waals surface area contributed by atoms with Crippen molar-refractivity contribution in [1.82, 2.24) is 21.3 Å². The Morgan fingerprint density at radius 2 is 1.44 bits per heavy atom. The predicted molar refractivity (Wildman–Crippen MR) is 181 cm³/mol. The average Bonchev–Trinajstić information content (AvgIpc) is 3.07. The molecule has 0 spiro atoms. The molecule has 6 N–H and O–H groups in total. The predicted octanol–water partition coefficient (Wildman–Crippen LogP) is 2.91. The number of ether oxygens (including phenoxy) is 1. The van der Waals surface area contributed by atoms with E-state index in [0.717, 1.165) is 21.9 Å². The molecule has 0 aliphatic heterocycles. The van der Waals surface area contributed by atoms with Gasteiger partial charge in [0.05, 0.1) is 12.6 Å². The van der Waals surface area contributed by atoms with Crippen molar-refractivity contribution >= 4 is 46.3 Å². The Hall–Kier alpha value is -5.26. The minimum atomic E-state index is -1.23. The quantitative estimate of drug-likeness (QED) is 0.138. The maximum Gasteiger partial charge on any atom is 0.408 e. The van der Waals surface area contributed by atoms with E-state index >= 15 is 0 Å². The van der Waals surface area contributed by atoms with Crippen LogP contribution in [0.1, 0.15) is 51.7 Å². The Bertz CT molecular complexity index is 1590. The van der Waals surface area contributed by atoms with Crippen LogP contribution in [0.3, 0.4) is 0 Å². The normalized spacial score (nSPS) is 13.4. The van der Waals surface area contributed by atoms with E-state index in [4.69, 9.17) is 10.5 Å². The average molecular weight is 660 g/mol. The largest absolute Gasteiger partial charge is 0.445 e. The van der Waals surface area contributed by atoms with Crippen LogP contribution >= 0.6 is 0 Å². The SMILES string of the molecule is CC[C@H](C)C(NC(=O)[C@H](CC(C)C)NC(=O)OCc1ccccc1)C(=O)C(=O)NCC(=O)N[C@H](Cc1ccc2ccccc2c1)C(N)=O. The molecule has 0 saturated carbocycles. The van der Waals surface area contributed by atoms with E-state index in [1.807, 2.05) is 74.5 Å². The molecule has 1 unspecified atom stereocenters. The van der Waals surface area contributed by atoms with E-state index in [9.17, 15) is 28.8 Å². The topological polar surface area (TPSA) is 186 Å². The van der Waals surface area contributed by atoms with E-state index in [1.54, 1.807) is 26.0 Å². The summed E-state index contributed by atoms with van der Waals surface area (Å²) in [6.45, 7) is 6.65. The maximum absolute atomic E-state index is 13.3. The molecule has 0 aromatic heterocycles. The Kier molecular flexibility index (Phi) is 14.1. The number of carbonyl (C=O) groups is 6. The van der Waals surface area contributed by atoms with Gasteiger partial charge < -0.3 is 31.7 Å². The van der Waals surface area contributed by atoms with E-state index in [2.05, 4.69) is 21.3 Å². The molecule has 0 aliphatic rings. The fourth-order valence-corrected chi connectivity index (χ4v) is 5.02.